The number of nitrogens with zero attached hydrogens (tertiary/aromatic N) is 2. The van der Waals surface area contributed by atoms with E-state index in [2.05, 4.69) is 29.4 Å². The number of aryl methyl sites for hydroxylation is 1. The monoisotopic (exact) mass is 406 g/mol. The lowest BCUT2D eigenvalue weighted by atomic mass is 9.92. The minimum atomic E-state index is -1.04. The van der Waals surface area contributed by atoms with E-state index in [-0.39, 0.29) is 12.5 Å². The molecule has 1 fully saturated rings. The van der Waals surface area contributed by atoms with Crippen molar-refractivity contribution in [3.8, 4) is 0 Å². The fourth-order valence-corrected chi connectivity index (χ4v) is 4.42. The number of anilines is 2. The van der Waals surface area contributed by atoms with Crippen LogP contribution in [0.4, 0.5) is 16.2 Å². The van der Waals surface area contributed by atoms with E-state index in [0.29, 0.717) is 12.1 Å². The Morgan fingerprint density at radius 3 is 2.50 bits per heavy atom. The summed E-state index contributed by atoms with van der Waals surface area (Å²) in [6, 6.07) is 14.7. The van der Waals surface area contributed by atoms with Crippen molar-refractivity contribution >= 4 is 29.2 Å². The maximum Gasteiger partial charge on any atom is 0.325 e. The molecule has 2 aliphatic rings. The Labute approximate surface area is 176 Å². The van der Waals surface area contributed by atoms with E-state index >= 15 is 0 Å². The topological polar surface area (TPSA) is 81.8 Å². The SMILES string of the molecule is CCN(CC)c1ccc(NC(=O)CN2C(=O)N[C@@]3(CCc4ccccc43)C2=O)cc1. The fraction of sp³-hybridized carbons (Fsp3) is 0.348. The van der Waals surface area contributed by atoms with E-state index in [1.165, 1.54) is 0 Å². The molecular weight excluding hydrogens is 380 g/mol. The molecule has 4 amide bonds. The van der Waals surface area contributed by atoms with Crippen molar-refractivity contribution < 1.29 is 14.4 Å². The second-order valence-corrected chi connectivity index (χ2v) is 7.65. The summed E-state index contributed by atoms with van der Waals surface area (Å²) in [6.45, 7) is 5.67. The van der Waals surface area contributed by atoms with Crippen LogP contribution in [-0.4, -0.2) is 42.4 Å². The standard InChI is InChI=1S/C23H26N4O3/c1-3-26(4-2)18-11-9-17(10-12-18)24-20(28)15-27-21(29)23(25-22(27)30)14-13-16-7-5-6-8-19(16)23/h5-12H,3-4,13-15H2,1-2H3,(H,24,28)(H,25,30)/t23-/m1/s1. The second-order valence-electron chi connectivity index (χ2n) is 7.65. The Morgan fingerprint density at radius 1 is 1.10 bits per heavy atom. The molecule has 0 saturated carbocycles. The molecule has 2 aromatic carbocycles. The van der Waals surface area contributed by atoms with Gasteiger partial charge in [-0.25, -0.2) is 4.79 Å². The van der Waals surface area contributed by atoms with Crippen molar-refractivity contribution in [2.75, 3.05) is 29.9 Å². The van der Waals surface area contributed by atoms with Gasteiger partial charge in [0.2, 0.25) is 5.91 Å². The van der Waals surface area contributed by atoms with Gasteiger partial charge in [0, 0.05) is 24.5 Å². The van der Waals surface area contributed by atoms with Crippen LogP contribution in [0.25, 0.3) is 0 Å². The van der Waals surface area contributed by atoms with Gasteiger partial charge in [0.1, 0.15) is 12.1 Å². The smallest absolute Gasteiger partial charge is 0.325 e. The zero-order chi connectivity index (χ0) is 21.3. The summed E-state index contributed by atoms with van der Waals surface area (Å²) in [5, 5.41) is 5.62. The normalized spacial score (nSPS) is 19.7. The van der Waals surface area contributed by atoms with Gasteiger partial charge in [-0.05, 0) is 62.1 Å². The molecule has 1 saturated heterocycles. The second kappa shape index (κ2) is 7.82. The Balaban J connectivity index is 1.44. The van der Waals surface area contributed by atoms with E-state index < -0.39 is 17.5 Å². The van der Waals surface area contributed by atoms with Crippen LogP contribution in [0.5, 0.6) is 0 Å². The number of fused-ring (bicyclic) bond motifs is 2. The van der Waals surface area contributed by atoms with Gasteiger partial charge in [0.05, 0.1) is 0 Å². The number of hydrogen-bond donors (Lipinski definition) is 2. The highest BCUT2D eigenvalue weighted by Gasteiger charge is 2.55. The van der Waals surface area contributed by atoms with E-state index in [4.69, 9.17) is 0 Å². The molecule has 2 aromatic rings. The molecule has 1 atom stereocenters. The summed E-state index contributed by atoms with van der Waals surface area (Å²) in [4.78, 5) is 41.4. The number of nitrogens with one attached hydrogen (secondary N) is 2. The molecule has 1 spiro atoms. The van der Waals surface area contributed by atoms with Crippen LogP contribution >= 0.6 is 0 Å². The number of imide groups is 1. The first-order chi connectivity index (χ1) is 14.5. The zero-order valence-corrected chi connectivity index (χ0v) is 17.3. The minimum Gasteiger partial charge on any atom is -0.372 e. The zero-order valence-electron chi connectivity index (χ0n) is 17.3. The van der Waals surface area contributed by atoms with Crippen LogP contribution in [0, 0.1) is 0 Å². The minimum absolute atomic E-state index is 0.313. The average Bonchev–Trinajstić information content (AvgIpc) is 3.23. The van der Waals surface area contributed by atoms with Gasteiger partial charge in [-0.2, -0.15) is 0 Å². The number of carbonyl (C=O) groups excluding carboxylic acids is 3. The third kappa shape index (κ3) is 3.30. The van der Waals surface area contributed by atoms with E-state index in [9.17, 15) is 14.4 Å². The average molecular weight is 406 g/mol. The van der Waals surface area contributed by atoms with Gasteiger partial charge in [-0.15, -0.1) is 0 Å². The molecule has 7 heteroatoms. The maximum atomic E-state index is 13.1. The van der Waals surface area contributed by atoms with Gasteiger partial charge in [-0.3, -0.25) is 14.5 Å². The Kier molecular flexibility index (Phi) is 5.20. The van der Waals surface area contributed by atoms with Crippen LogP contribution in [0.3, 0.4) is 0 Å². The van der Waals surface area contributed by atoms with Gasteiger partial charge in [0.25, 0.3) is 5.91 Å². The van der Waals surface area contributed by atoms with Crippen LogP contribution in [0.15, 0.2) is 48.5 Å². The highest BCUT2D eigenvalue weighted by Crippen LogP contribution is 2.41. The largest absolute Gasteiger partial charge is 0.372 e. The Morgan fingerprint density at radius 2 is 1.80 bits per heavy atom. The van der Waals surface area contributed by atoms with Gasteiger partial charge in [0.15, 0.2) is 0 Å². The lowest BCUT2D eigenvalue weighted by Gasteiger charge is -2.22. The molecule has 0 unspecified atom stereocenters. The number of carbonyl (C=O) groups is 3. The molecule has 4 rings (SSSR count). The summed E-state index contributed by atoms with van der Waals surface area (Å²) in [5.74, 6) is -0.762. The predicted octanol–water partition coefficient (Wildman–Crippen LogP) is 2.86. The fourth-order valence-electron chi connectivity index (χ4n) is 4.42. The molecule has 156 valence electrons. The van der Waals surface area contributed by atoms with Gasteiger partial charge in [-0.1, -0.05) is 24.3 Å². The number of rotatable bonds is 6. The van der Waals surface area contributed by atoms with Gasteiger partial charge >= 0.3 is 6.03 Å². The molecule has 7 nitrogen and oxygen atoms in total. The molecule has 1 aliphatic carbocycles. The van der Waals surface area contributed by atoms with E-state index in [1.807, 2.05) is 48.5 Å². The quantitative estimate of drug-likeness (QED) is 0.723. The molecule has 0 radical (unpaired) electrons. The molecule has 1 aliphatic heterocycles. The first-order valence-electron chi connectivity index (χ1n) is 10.4. The van der Waals surface area contributed by atoms with Crippen molar-refractivity contribution in [2.45, 2.75) is 32.2 Å². The predicted molar refractivity (Wildman–Crippen MR) is 115 cm³/mol. The molecule has 0 aromatic heterocycles. The third-order valence-electron chi connectivity index (χ3n) is 6.00. The van der Waals surface area contributed by atoms with E-state index in [1.54, 1.807) is 0 Å². The molecule has 30 heavy (non-hydrogen) atoms. The van der Waals surface area contributed by atoms with E-state index in [0.717, 1.165) is 41.2 Å². The lowest BCUT2D eigenvalue weighted by molar-refractivity contribution is -0.134. The first kappa shape index (κ1) is 19.9. The van der Waals surface area contributed by atoms with Crippen molar-refractivity contribution in [1.29, 1.82) is 0 Å². The number of hydrogen-bond acceptors (Lipinski definition) is 4. The molecule has 2 N–H and O–H groups in total. The highest BCUT2D eigenvalue weighted by atomic mass is 16.2. The number of urea groups is 1. The summed E-state index contributed by atoms with van der Waals surface area (Å²) in [5.41, 5.74) is 2.56. The summed E-state index contributed by atoms with van der Waals surface area (Å²) >= 11 is 0. The van der Waals surface area contributed by atoms with Crippen LogP contribution in [0.2, 0.25) is 0 Å². The molecule has 0 bridgehead atoms. The van der Waals surface area contributed by atoms with Crippen molar-refractivity contribution in [2.24, 2.45) is 0 Å². The highest BCUT2D eigenvalue weighted by molar-refractivity contribution is 6.10. The molecule has 1 heterocycles. The van der Waals surface area contributed by atoms with Crippen LogP contribution < -0.4 is 15.5 Å². The van der Waals surface area contributed by atoms with Crippen molar-refractivity contribution in [3.63, 3.8) is 0 Å². The lowest BCUT2D eigenvalue weighted by Crippen LogP contribution is -2.43. The summed E-state index contributed by atoms with van der Waals surface area (Å²) in [7, 11) is 0. The Hall–Kier alpha value is -3.35. The molecular formula is C23H26N4O3. The summed E-state index contributed by atoms with van der Waals surface area (Å²) < 4.78 is 0. The summed E-state index contributed by atoms with van der Waals surface area (Å²) in [6.07, 6.45) is 1.24. The Bertz CT molecular complexity index is 984. The van der Waals surface area contributed by atoms with Crippen molar-refractivity contribution in [3.05, 3.63) is 59.7 Å². The first-order valence-corrected chi connectivity index (χ1v) is 10.4. The van der Waals surface area contributed by atoms with Gasteiger partial charge < -0.3 is 15.5 Å². The van der Waals surface area contributed by atoms with Crippen molar-refractivity contribution in [1.82, 2.24) is 10.2 Å². The number of amides is 4. The van der Waals surface area contributed by atoms with Crippen LogP contribution in [0.1, 0.15) is 31.4 Å². The third-order valence-corrected chi connectivity index (χ3v) is 6.00. The maximum absolute atomic E-state index is 13.1. The number of benzene rings is 2. The van der Waals surface area contributed by atoms with Crippen LogP contribution in [-0.2, 0) is 21.5 Å².